The normalized spacial score (nSPS) is 19.6. The van der Waals surface area contributed by atoms with E-state index in [1.807, 2.05) is 11.7 Å². The summed E-state index contributed by atoms with van der Waals surface area (Å²) in [5.74, 6) is -0.149. The molecule has 128 valence electrons. The van der Waals surface area contributed by atoms with E-state index < -0.39 is 0 Å². The maximum absolute atomic E-state index is 12.7. The van der Waals surface area contributed by atoms with Gasteiger partial charge in [-0.25, -0.2) is 4.98 Å². The van der Waals surface area contributed by atoms with E-state index in [2.05, 4.69) is 20.7 Å². The summed E-state index contributed by atoms with van der Waals surface area (Å²) >= 11 is 1.51. The Labute approximate surface area is 144 Å². The highest BCUT2D eigenvalue weighted by atomic mass is 32.1. The number of nitrogens with zero attached hydrogens (tertiary/aromatic N) is 3. The fourth-order valence-electron chi connectivity index (χ4n) is 3.73. The molecule has 0 spiro atoms. The third-order valence-electron chi connectivity index (χ3n) is 4.92. The van der Waals surface area contributed by atoms with Crippen LogP contribution in [0.5, 0.6) is 0 Å². The standard InChI is InChI=1S/C16H22N6OS/c1-22-12-5-6-18-7-10(12)11(21-22)8-19-15(23)9-3-2-4-13-14(9)20-16(17)24-13/h9,18H,2-8H2,1H3,(H2,17,20)(H,19,23). The van der Waals surface area contributed by atoms with Gasteiger partial charge in [0.2, 0.25) is 5.91 Å². The lowest BCUT2D eigenvalue weighted by Crippen LogP contribution is -2.32. The predicted octanol–water partition coefficient (Wildman–Crippen LogP) is 0.841. The number of nitrogens with one attached hydrogen (secondary N) is 2. The molecule has 4 N–H and O–H groups in total. The minimum Gasteiger partial charge on any atom is -0.375 e. The second-order valence-corrected chi connectivity index (χ2v) is 7.56. The zero-order chi connectivity index (χ0) is 16.7. The van der Waals surface area contributed by atoms with Crippen molar-refractivity contribution in [1.29, 1.82) is 0 Å². The van der Waals surface area contributed by atoms with Crippen LogP contribution in [0.3, 0.4) is 0 Å². The lowest BCUT2D eigenvalue weighted by Gasteiger charge is -2.20. The Bertz CT molecular complexity index is 780. The van der Waals surface area contributed by atoms with Crippen molar-refractivity contribution < 1.29 is 4.79 Å². The van der Waals surface area contributed by atoms with Crippen molar-refractivity contribution in [3.8, 4) is 0 Å². The van der Waals surface area contributed by atoms with Gasteiger partial charge >= 0.3 is 0 Å². The first-order valence-corrected chi connectivity index (χ1v) is 9.22. The van der Waals surface area contributed by atoms with E-state index in [9.17, 15) is 4.79 Å². The lowest BCUT2D eigenvalue weighted by molar-refractivity contribution is -0.123. The number of fused-ring (bicyclic) bond motifs is 2. The van der Waals surface area contributed by atoms with Crippen LogP contribution in [0.2, 0.25) is 0 Å². The van der Waals surface area contributed by atoms with E-state index in [4.69, 9.17) is 5.73 Å². The quantitative estimate of drug-likeness (QED) is 0.765. The van der Waals surface area contributed by atoms with Gasteiger partial charge in [0.15, 0.2) is 5.13 Å². The molecule has 1 aliphatic heterocycles. The van der Waals surface area contributed by atoms with Gasteiger partial charge in [0.1, 0.15) is 0 Å². The summed E-state index contributed by atoms with van der Waals surface area (Å²) in [6, 6.07) is 0. The summed E-state index contributed by atoms with van der Waals surface area (Å²) in [5, 5.41) is 11.6. The Morgan fingerprint density at radius 3 is 3.25 bits per heavy atom. The van der Waals surface area contributed by atoms with Gasteiger partial charge in [-0.1, -0.05) is 0 Å². The van der Waals surface area contributed by atoms with Crippen molar-refractivity contribution in [2.24, 2.45) is 7.05 Å². The Morgan fingerprint density at radius 1 is 1.50 bits per heavy atom. The number of rotatable bonds is 3. The number of carbonyl (C=O) groups excluding carboxylic acids is 1. The molecule has 24 heavy (non-hydrogen) atoms. The zero-order valence-corrected chi connectivity index (χ0v) is 14.6. The molecule has 1 atom stereocenters. The van der Waals surface area contributed by atoms with Crippen LogP contribution in [0, 0.1) is 0 Å². The van der Waals surface area contributed by atoms with Gasteiger partial charge in [-0.05, 0) is 19.3 Å². The van der Waals surface area contributed by atoms with Crippen LogP contribution in [0.15, 0.2) is 0 Å². The summed E-state index contributed by atoms with van der Waals surface area (Å²) in [6.07, 6.45) is 3.81. The van der Waals surface area contributed by atoms with E-state index in [0.717, 1.165) is 50.2 Å². The number of aromatic nitrogens is 3. The molecule has 0 radical (unpaired) electrons. The SMILES string of the molecule is Cn1nc(CNC(=O)C2CCCc3sc(N)nc32)c2c1CCNC2. The van der Waals surface area contributed by atoms with Crippen LogP contribution in [0.1, 0.15) is 46.3 Å². The summed E-state index contributed by atoms with van der Waals surface area (Å²) < 4.78 is 1.94. The van der Waals surface area contributed by atoms with Gasteiger partial charge in [0.05, 0.1) is 23.9 Å². The first-order chi connectivity index (χ1) is 11.6. The number of nitrogens with two attached hydrogens (primary N) is 1. The van der Waals surface area contributed by atoms with Crippen molar-refractivity contribution in [3.05, 3.63) is 27.5 Å². The molecule has 1 aliphatic carbocycles. The Kier molecular flexibility index (Phi) is 4.01. The van der Waals surface area contributed by atoms with Gasteiger partial charge in [-0.3, -0.25) is 9.48 Å². The highest BCUT2D eigenvalue weighted by Crippen LogP contribution is 2.35. The van der Waals surface area contributed by atoms with Crippen molar-refractivity contribution in [2.75, 3.05) is 12.3 Å². The average molecular weight is 346 g/mol. The molecule has 2 aromatic rings. The van der Waals surface area contributed by atoms with Crippen molar-refractivity contribution in [3.63, 3.8) is 0 Å². The van der Waals surface area contributed by atoms with Gasteiger partial charge in [-0.2, -0.15) is 5.10 Å². The van der Waals surface area contributed by atoms with Gasteiger partial charge in [0.25, 0.3) is 0 Å². The maximum Gasteiger partial charge on any atom is 0.229 e. The molecule has 3 heterocycles. The van der Waals surface area contributed by atoms with Gasteiger partial charge < -0.3 is 16.4 Å². The minimum absolute atomic E-state index is 0.0319. The molecule has 1 unspecified atom stereocenters. The molecule has 0 saturated heterocycles. The van der Waals surface area contributed by atoms with Crippen molar-refractivity contribution >= 4 is 22.4 Å². The summed E-state index contributed by atoms with van der Waals surface area (Å²) in [5.41, 5.74) is 10.2. The van der Waals surface area contributed by atoms with Crippen LogP contribution in [-0.4, -0.2) is 27.2 Å². The Balaban J connectivity index is 1.48. The third kappa shape index (κ3) is 2.69. The van der Waals surface area contributed by atoms with E-state index in [-0.39, 0.29) is 11.8 Å². The average Bonchev–Trinajstić information content (AvgIpc) is 3.12. The number of hydrogen-bond donors (Lipinski definition) is 3. The fraction of sp³-hybridized carbons (Fsp3) is 0.562. The van der Waals surface area contributed by atoms with Crippen LogP contribution in [0.25, 0.3) is 0 Å². The number of thiazole rings is 1. The van der Waals surface area contributed by atoms with Crippen LogP contribution < -0.4 is 16.4 Å². The maximum atomic E-state index is 12.7. The molecular weight excluding hydrogens is 324 g/mol. The first-order valence-electron chi connectivity index (χ1n) is 8.40. The Morgan fingerprint density at radius 2 is 2.38 bits per heavy atom. The summed E-state index contributed by atoms with van der Waals surface area (Å²) in [7, 11) is 1.97. The topological polar surface area (TPSA) is 97.9 Å². The van der Waals surface area contributed by atoms with E-state index in [1.54, 1.807) is 0 Å². The molecule has 0 aromatic carbocycles. The van der Waals surface area contributed by atoms with Crippen LogP contribution in [-0.2, 0) is 37.8 Å². The largest absolute Gasteiger partial charge is 0.375 e. The molecule has 1 amide bonds. The molecular formula is C16H22N6OS. The molecule has 0 fully saturated rings. The minimum atomic E-state index is -0.181. The lowest BCUT2D eigenvalue weighted by atomic mass is 9.90. The molecule has 2 aliphatic rings. The predicted molar refractivity (Wildman–Crippen MR) is 92.7 cm³/mol. The number of hydrogen-bond acceptors (Lipinski definition) is 6. The zero-order valence-electron chi connectivity index (χ0n) is 13.8. The molecule has 4 rings (SSSR count). The third-order valence-corrected chi connectivity index (χ3v) is 5.88. The van der Waals surface area contributed by atoms with Crippen LogP contribution in [0.4, 0.5) is 5.13 Å². The summed E-state index contributed by atoms with van der Waals surface area (Å²) in [6.45, 7) is 2.27. The van der Waals surface area contributed by atoms with Crippen molar-refractivity contribution in [1.82, 2.24) is 25.4 Å². The number of anilines is 1. The monoisotopic (exact) mass is 346 g/mol. The number of carbonyl (C=O) groups is 1. The molecule has 0 bridgehead atoms. The highest BCUT2D eigenvalue weighted by Gasteiger charge is 2.30. The van der Waals surface area contributed by atoms with Crippen molar-refractivity contribution in [2.45, 2.75) is 44.7 Å². The number of amides is 1. The van der Waals surface area contributed by atoms with E-state index in [0.29, 0.717) is 11.7 Å². The van der Waals surface area contributed by atoms with E-state index >= 15 is 0 Å². The van der Waals surface area contributed by atoms with E-state index in [1.165, 1.54) is 27.5 Å². The molecule has 2 aromatic heterocycles. The fourth-order valence-corrected chi connectivity index (χ4v) is 4.66. The second-order valence-electron chi connectivity index (χ2n) is 6.45. The smallest absolute Gasteiger partial charge is 0.229 e. The molecule has 0 saturated carbocycles. The number of aryl methyl sites for hydroxylation is 2. The summed E-state index contributed by atoms with van der Waals surface area (Å²) in [4.78, 5) is 18.2. The highest BCUT2D eigenvalue weighted by molar-refractivity contribution is 7.15. The van der Waals surface area contributed by atoms with Gasteiger partial charge in [-0.15, -0.1) is 11.3 Å². The first kappa shape index (κ1) is 15.6. The second kappa shape index (κ2) is 6.18. The Hall–Kier alpha value is -1.93. The number of nitrogen functional groups attached to an aromatic ring is 1. The van der Waals surface area contributed by atoms with Gasteiger partial charge in [0, 0.05) is 42.7 Å². The molecule has 8 heteroatoms. The molecule has 7 nitrogen and oxygen atoms in total. The van der Waals surface area contributed by atoms with Crippen LogP contribution >= 0.6 is 11.3 Å².